The van der Waals surface area contributed by atoms with Gasteiger partial charge in [-0.25, -0.2) is 15.4 Å². The summed E-state index contributed by atoms with van der Waals surface area (Å²) in [5.41, 5.74) is 8.50. The van der Waals surface area contributed by atoms with Gasteiger partial charge in [0, 0.05) is 11.4 Å². The van der Waals surface area contributed by atoms with Gasteiger partial charge in [0.05, 0.1) is 5.71 Å². The number of nitrogens with zero attached hydrogens (tertiary/aromatic N) is 3. The molecule has 1 N–H and O–H groups in total. The fourth-order valence-corrected chi connectivity index (χ4v) is 2.56. The Labute approximate surface area is 145 Å². The highest BCUT2D eigenvalue weighted by molar-refractivity contribution is 5.99. The summed E-state index contributed by atoms with van der Waals surface area (Å²) in [6.45, 7) is 10.7. The Morgan fingerprint density at radius 3 is 2.33 bits per heavy atom. The average molecular weight is 324 g/mol. The van der Waals surface area contributed by atoms with Crippen LogP contribution in [0.2, 0.25) is 0 Å². The first-order valence-electron chi connectivity index (χ1n) is 8.78. The Morgan fingerprint density at radius 1 is 1.08 bits per heavy atom. The summed E-state index contributed by atoms with van der Waals surface area (Å²) in [5.74, 6) is 1.22. The summed E-state index contributed by atoms with van der Waals surface area (Å²) in [6.07, 6.45) is 2.87. The van der Waals surface area contributed by atoms with Crippen LogP contribution < -0.4 is 5.43 Å². The summed E-state index contributed by atoms with van der Waals surface area (Å²) in [5, 5.41) is 4.48. The lowest BCUT2D eigenvalue weighted by atomic mass is 10.00. The van der Waals surface area contributed by atoms with Gasteiger partial charge in [-0.05, 0) is 55.4 Å². The average Bonchev–Trinajstić information content (AvgIpc) is 2.58. The smallest absolute Gasteiger partial charge is 0.243 e. The lowest BCUT2D eigenvalue weighted by molar-refractivity contribution is 0.647. The number of benzene rings is 1. The second-order valence-corrected chi connectivity index (χ2v) is 6.49. The van der Waals surface area contributed by atoms with Crippen molar-refractivity contribution in [3.8, 4) is 0 Å². The molecule has 0 spiro atoms. The zero-order valence-electron chi connectivity index (χ0n) is 15.4. The van der Waals surface area contributed by atoms with Crippen molar-refractivity contribution in [1.82, 2.24) is 9.97 Å². The van der Waals surface area contributed by atoms with Crippen LogP contribution in [0.15, 0.2) is 35.4 Å². The highest BCUT2D eigenvalue weighted by Gasteiger charge is 2.04. The van der Waals surface area contributed by atoms with E-state index in [4.69, 9.17) is 0 Å². The van der Waals surface area contributed by atoms with Crippen molar-refractivity contribution >= 4 is 11.7 Å². The van der Waals surface area contributed by atoms with E-state index in [1.807, 2.05) is 6.92 Å². The minimum absolute atomic E-state index is 0.573. The van der Waals surface area contributed by atoms with Crippen molar-refractivity contribution in [1.29, 1.82) is 0 Å². The van der Waals surface area contributed by atoms with Gasteiger partial charge in [-0.1, -0.05) is 45.9 Å². The van der Waals surface area contributed by atoms with Gasteiger partial charge < -0.3 is 0 Å². The summed E-state index contributed by atoms with van der Waals surface area (Å²) in [7, 11) is 0. The van der Waals surface area contributed by atoms with Gasteiger partial charge in [0.1, 0.15) is 0 Å². The third kappa shape index (κ3) is 5.15. The number of aromatic nitrogens is 2. The van der Waals surface area contributed by atoms with Crippen molar-refractivity contribution < 1.29 is 0 Å². The Hall–Kier alpha value is -2.23. The van der Waals surface area contributed by atoms with E-state index in [2.05, 4.69) is 78.5 Å². The molecule has 0 bridgehead atoms. The van der Waals surface area contributed by atoms with Gasteiger partial charge in [-0.2, -0.15) is 5.10 Å². The first-order valence-corrected chi connectivity index (χ1v) is 8.78. The summed E-state index contributed by atoms with van der Waals surface area (Å²) in [4.78, 5) is 8.99. The number of hydrazone groups is 1. The molecule has 2 aromatic rings. The van der Waals surface area contributed by atoms with E-state index in [-0.39, 0.29) is 0 Å². The fraction of sp³-hybridized carbons (Fsp3) is 0.450. The van der Waals surface area contributed by atoms with Gasteiger partial charge in [0.15, 0.2) is 0 Å². The monoisotopic (exact) mass is 324 g/mol. The van der Waals surface area contributed by atoms with Crippen LogP contribution in [0.3, 0.4) is 0 Å². The third-order valence-electron chi connectivity index (χ3n) is 3.87. The predicted molar refractivity (Wildman–Crippen MR) is 102 cm³/mol. The Kier molecular flexibility index (Phi) is 6.47. The molecule has 4 nitrogen and oxygen atoms in total. The fourth-order valence-electron chi connectivity index (χ4n) is 2.56. The number of anilines is 1. The molecule has 4 heteroatoms. The normalized spacial score (nSPS) is 11.8. The SMILES string of the molecule is CCc1cc(CC)nc(NN=C(C)c2cccc(CC(C)C)c2)n1. The largest absolute Gasteiger partial charge is 0.245 e. The van der Waals surface area contributed by atoms with Crippen LogP contribution in [0.1, 0.15) is 57.1 Å². The van der Waals surface area contributed by atoms with Crippen molar-refractivity contribution in [2.45, 2.75) is 53.9 Å². The number of hydrogen-bond donors (Lipinski definition) is 1. The molecule has 0 radical (unpaired) electrons. The maximum Gasteiger partial charge on any atom is 0.243 e. The van der Waals surface area contributed by atoms with Gasteiger partial charge in [0.25, 0.3) is 0 Å². The second-order valence-electron chi connectivity index (χ2n) is 6.49. The lowest BCUT2D eigenvalue weighted by Crippen LogP contribution is -2.06. The first-order chi connectivity index (χ1) is 11.5. The van der Waals surface area contributed by atoms with E-state index in [1.165, 1.54) is 5.56 Å². The minimum atomic E-state index is 0.573. The topological polar surface area (TPSA) is 50.2 Å². The maximum atomic E-state index is 4.49. The van der Waals surface area contributed by atoms with Crippen LogP contribution in [0, 0.1) is 5.92 Å². The van der Waals surface area contributed by atoms with Gasteiger partial charge in [-0.3, -0.25) is 0 Å². The summed E-state index contributed by atoms with van der Waals surface area (Å²) in [6, 6.07) is 10.6. The third-order valence-corrected chi connectivity index (χ3v) is 3.87. The molecule has 0 aliphatic rings. The molecule has 0 amide bonds. The quantitative estimate of drug-likeness (QED) is 0.596. The minimum Gasteiger partial charge on any atom is -0.245 e. The Bertz CT molecular complexity index is 682. The van der Waals surface area contributed by atoms with Gasteiger partial charge in [0.2, 0.25) is 5.95 Å². The molecule has 0 unspecified atom stereocenters. The molecule has 1 aromatic heterocycles. The summed E-state index contributed by atoms with van der Waals surface area (Å²) >= 11 is 0. The molecule has 0 saturated carbocycles. The van der Waals surface area contributed by atoms with E-state index in [0.717, 1.165) is 41.9 Å². The predicted octanol–water partition coefficient (Wildman–Crippen LogP) is 4.64. The highest BCUT2D eigenvalue weighted by Crippen LogP contribution is 2.12. The number of nitrogens with one attached hydrogen (secondary N) is 1. The first kappa shape index (κ1) is 18.1. The van der Waals surface area contributed by atoms with Crippen LogP contribution in [0.25, 0.3) is 0 Å². The maximum absolute atomic E-state index is 4.49. The van der Waals surface area contributed by atoms with Gasteiger partial charge >= 0.3 is 0 Å². The van der Waals surface area contributed by atoms with Crippen LogP contribution in [0.5, 0.6) is 0 Å². The van der Waals surface area contributed by atoms with Gasteiger partial charge in [-0.15, -0.1) is 0 Å². The molecule has 1 aromatic carbocycles. The molecule has 24 heavy (non-hydrogen) atoms. The molecular weight excluding hydrogens is 296 g/mol. The summed E-state index contributed by atoms with van der Waals surface area (Å²) < 4.78 is 0. The molecule has 2 rings (SSSR count). The number of rotatable bonds is 7. The molecule has 0 atom stereocenters. The van der Waals surface area contributed by atoms with Crippen molar-refractivity contribution in [2.75, 3.05) is 5.43 Å². The van der Waals surface area contributed by atoms with E-state index in [1.54, 1.807) is 0 Å². The number of hydrogen-bond acceptors (Lipinski definition) is 4. The molecule has 128 valence electrons. The Balaban J connectivity index is 2.17. The molecule has 0 aliphatic carbocycles. The van der Waals surface area contributed by atoms with Crippen molar-refractivity contribution in [2.24, 2.45) is 11.0 Å². The van der Waals surface area contributed by atoms with E-state index < -0.39 is 0 Å². The van der Waals surface area contributed by atoms with Crippen LogP contribution in [-0.2, 0) is 19.3 Å². The standard InChI is InChI=1S/C20H28N4/c1-6-18-13-19(7-2)22-20(21-18)24-23-15(5)17-10-8-9-16(12-17)11-14(3)4/h8-10,12-14H,6-7,11H2,1-5H3,(H,21,22,24). The van der Waals surface area contributed by atoms with Crippen LogP contribution in [-0.4, -0.2) is 15.7 Å². The zero-order valence-corrected chi connectivity index (χ0v) is 15.4. The molecule has 1 heterocycles. The van der Waals surface area contributed by atoms with Crippen LogP contribution >= 0.6 is 0 Å². The molecule has 0 aliphatic heterocycles. The molecule has 0 fully saturated rings. The van der Waals surface area contributed by atoms with Crippen molar-refractivity contribution in [3.05, 3.63) is 52.8 Å². The zero-order chi connectivity index (χ0) is 17.5. The van der Waals surface area contributed by atoms with E-state index in [0.29, 0.717) is 11.9 Å². The van der Waals surface area contributed by atoms with E-state index >= 15 is 0 Å². The highest BCUT2D eigenvalue weighted by atomic mass is 15.4. The molecular formula is C20H28N4. The van der Waals surface area contributed by atoms with Crippen LogP contribution in [0.4, 0.5) is 5.95 Å². The second kappa shape index (κ2) is 8.57. The number of aryl methyl sites for hydroxylation is 2. The van der Waals surface area contributed by atoms with E-state index in [9.17, 15) is 0 Å². The molecule has 0 saturated heterocycles. The lowest BCUT2D eigenvalue weighted by Gasteiger charge is -2.08. The Morgan fingerprint density at radius 2 is 1.75 bits per heavy atom. The van der Waals surface area contributed by atoms with Crippen molar-refractivity contribution in [3.63, 3.8) is 0 Å².